The van der Waals surface area contributed by atoms with Crippen molar-refractivity contribution >= 4 is 11.8 Å². The molecule has 2 amide bonds. The molecule has 1 aliphatic heterocycles. The van der Waals surface area contributed by atoms with Crippen LogP contribution in [0.1, 0.15) is 44.9 Å². The SMILES string of the molecule is Cc1nn(-c2ccc(F)cc2)c(C)c1C(=O)N1CCC(NC(=O)c2ccc(F)cc2)CC1. The van der Waals surface area contributed by atoms with E-state index < -0.39 is 0 Å². The fraction of sp³-hybridized carbons (Fsp3) is 0.292. The van der Waals surface area contributed by atoms with E-state index in [1.807, 2.05) is 6.92 Å². The van der Waals surface area contributed by atoms with Crippen LogP contribution in [0.5, 0.6) is 0 Å². The number of carbonyl (C=O) groups excluding carboxylic acids is 2. The van der Waals surface area contributed by atoms with Gasteiger partial charge in [0.1, 0.15) is 11.6 Å². The summed E-state index contributed by atoms with van der Waals surface area (Å²) in [5.74, 6) is -1.07. The summed E-state index contributed by atoms with van der Waals surface area (Å²) in [6.07, 6.45) is 1.26. The number of carbonyl (C=O) groups is 2. The normalized spacial score (nSPS) is 14.4. The number of hydrogen-bond acceptors (Lipinski definition) is 3. The summed E-state index contributed by atoms with van der Waals surface area (Å²) in [5.41, 5.74) is 2.95. The highest BCUT2D eigenvalue weighted by molar-refractivity contribution is 5.97. The summed E-state index contributed by atoms with van der Waals surface area (Å²) >= 11 is 0. The molecule has 2 aromatic carbocycles. The van der Waals surface area contributed by atoms with Crippen molar-refractivity contribution in [2.45, 2.75) is 32.7 Å². The minimum atomic E-state index is -0.387. The van der Waals surface area contributed by atoms with Crippen molar-refractivity contribution in [1.29, 1.82) is 0 Å². The summed E-state index contributed by atoms with van der Waals surface area (Å²) in [6, 6.07) is 11.3. The second-order valence-corrected chi connectivity index (χ2v) is 7.98. The van der Waals surface area contributed by atoms with E-state index in [4.69, 9.17) is 0 Å². The molecular formula is C24H24F2N4O2. The van der Waals surface area contributed by atoms with Gasteiger partial charge in [0.2, 0.25) is 0 Å². The summed E-state index contributed by atoms with van der Waals surface area (Å²) < 4.78 is 27.9. The van der Waals surface area contributed by atoms with Crippen molar-refractivity contribution in [1.82, 2.24) is 20.0 Å². The molecule has 0 unspecified atom stereocenters. The highest BCUT2D eigenvalue weighted by Gasteiger charge is 2.28. The van der Waals surface area contributed by atoms with Crippen LogP contribution in [-0.2, 0) is 0 Å². The van der Waals surface area contributed by atoms with Crippen LogP contribution in [0.3, 0.4) is 0 Å². The van der Waals surface area contributed by atoms with Crippen molar-refractivity contribution in [3.05, 3.63) is 82.7 Å². The molecule has 2 heterocycles. The molecule has 4 rings (SSSR count). The first kappa shape index (κ1) is 21.7. The Morgan fingerprint density at radius 3 is 2.09 bits per heavy atom. The van der Waals surface area contributed by atoms with Gasteiger partial charge in [-0.3, -0.25) is 9.59 Å². The molecule has 0 bridgehead atoms. The Kier molecular flexibility index (Phi) is 6.03. The first-order valence-electron chi connectivity index (χ1n) is 10.5. The molecule has 0 saturated carbocycles. The van der Waals surface area contributed by atoms with Crippen LogP contribution < -0.4 is 5.32 Å². The van der Waals surface area contributed by atoms with Gasteiger partial charge in [0.15, 0.2) is 0 Å². The van der Waals surface area contributed by atoms with Gasteiger partial charge >= 0.3 is 0 Å². The number of nitrogens with one attached hydrogen (secondary N) is 1. The lowest BCUT2D eigenvalue weighted by molar-refractivity contribution is 0.0696. The fourth-order valence-corrected chi connectivity index (χ4v) is 4.04. The van der Waals surface area contributed by atoms with Crippen LogP contribution in [0.15, 0.2) is 48.5 Å². The fourth-order valence-electron chi connectivity index (χ4n) is 4.04. The first-order valence-corrected chi connectivity index (χ1v) is 10.5. The van der Waals surface area contributed by atoms with Crippen LogP contribution in [0.2, 0.25) is 0 Å². The van der Waals surface area contributed by atoms with Crippen molar-refractivity contribution < 1.29 is 18.4 Å². The quantitative estimate of drug-likeness (QED) is 0.674. The summed E-state index contributed by atoms with van der Waals surface area (Å²) in [5, 5.41) is 7.44. The zero-order valence-corrected chi connectivity index (χ0v) is 17.9. The van der Waals surface area contributed by atoms with Gasteiger partial charge in [0.05, 0.1) is 22.6 Å². The Bertz CT molecular complexity index is 1130. The van der Waals surface area contributed by atoms with E-state index in [9.17, 15) is 18.4 Å². The molecule has 3 aromatic rings. The summed E-state index contributed by atoms with van der Waals surface area (Å²) in [6.45, 7) is 4.63. The van der Waals surface area contributed by atoms with E-state index in [-0.39, 0.29) is 29.5 Å². The highest BCUT2D eigenvalue weighted by atomic mass is 19.1. The topological polar surface area (TPSA) is 67.2 Å². The molecule has 1 saturated heterocycles. The van der Waals surface area contributed by atoms with Crippen LogP contribution >= 0.6 is 0 Å². The average molecular weight is 438 g/mol. The van der Waals surface area contributed by atoms with Crippen LogP contribution in [0.25, 0.3) is 5.69 Å². The van der Waals surface area contributed by atoms with Gasteiger partial charge in [-0.1, -0.05) is 0 Å². The molecule has 8 heteroatoms. The zero-order chi connectivity index (χ0) is 22.8. The molecule has 0 aliphatic carbocycles. The number of piperidine rings is 1. The largest absolute Gasteiger partial charge is 0.349 e. The predicted octanol–water partition coefficient (Wildman–Crippen LogP) is 3.80. The monoisotopic (exact) mass is 438 g/mol. The maximum absolute atomic E-state index is 13.3. The molecule has 32 heavy (non-hydrogen) atoms. The van der Waals surface area contributed by atoms with E-state index >= 15 is 0 Å². The van der Waals surface area contributed by atoms with Gasteiger partial charge in [-0.15, -0.1) is 0 Å². The Balaban J connectivity index is 1.41. The predicted molar refractivity (Wildman–Crippen MR) is 116 cm³/mol. The maximum atomic E-state index is 13.3. The molecular weight excluding hydrogens is 414 g/mol. The Morgan fingerprint density at radius 1 is 0.938 bits per heavy atom. The van der Waals surface area contributed by atoms with Crippen molar-refractivity contribution in [2.24, 2.45) is 0 Å². The van der Waals surface area contributed by atoms with Crippen LogP contribution in [0, 0.1) is 25.5 Å². The molecule has 1 fully saturated rings. The number of benzene rings is 2. The van der Waals surface area contributed by atoms with Gasteiger partial charge in [0.25, 0.3) is 11.8 Å². The van der Waals surface area contributed by atoms with Gasteiger partial charge in [-0.05, 0) is 75.2 Å². The minimum absolute atomic E-state index is 0.0549. The molecule has 6 nitrogen and oxygen atoms in total. The Labute approximate surface area is 184 Å². The number of nitrogens with zero attached hydrogens (tertiary/aromatic N) is 3. The first-order chi connectivity index (χ1) is 15.3. The van der Waals surface area contributed by atoms with Crippen LogP contribution in [-0.4, -0.2) is 45.6 Å². The van der Waals surface area contributed by atoms with E-state index in [0.717, 1.165) is 0 Å². The molecule has 1 N–H and O–H groups in total. The number of halogens is 2. The lowest BCUT2D eigenvalue weighted by Gasteiger charge is -2.32. The Hall–Kier alpha value is -3.55. The van der Waals surface area contributed by atoms with Crippen LogP contribution in [0.4, 0.5) is 8.78 Å². The number of amides is 2. The van der Waals surface area contributed by atoms with Gasteiger partial charge in [-0.2, -0.15) is 5.10 Å². The molecule has 0 atom stereocenters. The number of hydrogen-bond donors (Lipinski definition) is 1. The van der Waals surface area contributed by atoms with Crippen molar-refractivity contribution in [2.75, 3.05) is 13.1 Å². The van der Waals surface area contributed by atoms with Crippen molar-refractivity contribution in [3.8, 4) is 5.69 Å². The van der Waals surface area contributed by atoms with E-state index in [2.05, 4.69) is 10.4 Å². The van der Waals surface area contributed by atoms with E-state index in [0.29, 0.717) is 54.1 Å². The van der Waals surface area contributed by atoms with E-state index in [1.54, 1.807) is 28.6 Å². The van der Waals surface area contributed by atoms with Gasteiger partial charge < -0.3 is 10.2 Å². The molecule has 166 valence electrons. The third kappa shape index (κ3) is 4.39. The second-order valence-electron chi connectivity index (χ2n) is 7.98. The van der Waals surface area contributed by atoms with E-state index in [1.165, 1.54) is 36.4 Å². The number of rotatable bonds is 4. The number of aryl methyl sites for hydroxylation is 1. The number of aromatic nitrogens is 2. The lowest BCUT2D eigenvalue weighted by Crippen LogP contribution is -2.46. The third-order valence-corrected chi connectivity index (χ3v) is 5.80. The zero-order valence-electron chi connectivity index (χ0n) is 17.9. The van der Waals surface area contributed by atoms with Gasteiger partial charge in [0, 0.05) is 24.7 Å². The molecule has 0 spiro atoms. The molecule has 1 aliphatic rings. The third-order valence-electron chi connectivity index (χ3n) is 5.80. The minimum Gasteiger partial charge on any atom is -0.349 e. The smallest absolute Gasteiger partial charge is 0.257 e. The average Bonchev–Trinajstić information content (AvgIpc) is 3.08. The standard InChI is InChI=1S/C24H24F2N4O2/c1-15-22(16(2)30(28-15)21-9-7-19(26)8-10-21)24(32)29-13-11-20(12-14-29)27-23(31)17-3-5-18(25)6-4-17/h3-10,20H,11-14H2,1-2H3,(H,27,31). The maximum Gasteiger partial charge on any atom is 0.257 e. The summed E-state index contributed by atoms with van der Waals surface area (Å²) in [4.78, 5) is 27.3. The summed E-state index contributed by atoms with van der Waals surface area (Å²) in [7, 11) is 0. The second kappa shape index (κ2) is 8.90. The molecule has 1 aromatic heterocycles. The van der Waals surface area contributed by atoms with Gasteiger partial charge in [-0.25, -0.2) is 13.5 Å². The highest BCUT2D eigenvalue weighted by Crippen LogP contribution is 2.22. The Morgan fingerprint density at radius 2 is 1.50 bits per heavy atom. The molecule has 0 radical (unpaired) electrons. The van der Waals surface area contributed by atoms with Crippen molar-refractivity contribution in [3.63, 3.8) is 0 Å². The lowest BCUT2D eigenvalue weighted by atomic mass is 10.0. The number of likely N-dealkylation sites (tertiary alicyclic amines) is 1.